The Morgan fingerprint density at radius 3 is 2.61 bits per heavy atom. The molecule has 1 aromatic rings. The quantitative estimate of drug-likeness (QED) is 0.863. The molecule has 1 heterocycles. The van der Waals surface area contributed by atoms with Crippen molar-refractivity contribution in [2.24, 2.45) is 5.92 Å². The second-order valence-electron chi connectivity index (χ2n) is 6.29. The number of hydrogen-bond donors (Lipinski definition) is 1. The topological polar surface area (TPSA) is 15.3 Å². The van der Waals surface area contributed by atoms with Gasteiger partial charge in [-0.3, -0.25) is 4.90 Å². The van der Waals surface area contributed by atoms with Crippen molar-refractivity contribution in [1.82, 2.24) is 10.2 Å². The monoisotopic (exact) mass is 246 g/mol. The van der Waals surface area contributed by atoms with E-state index in [0.29, 0.717) is 12.0 Å². The largest absolute Gasteiger partial charge is 0.315 e. The molecular weight excluding hydrogens is 220 g/mol. The van der Waals surface area contributed by atoms with Crippen molar-refractivity contribution in [3.05, 3.63) is 35.9 Å². The summed E-state index contributed by atoms with van der Waals surface area (Å²) in [5.41, 5.74) is 1.62. The summed E-state index contributed by atoms with van der Waals surface area (Å²) in [5.74, 6) is 0.706. The van der Waals surface area contributed by atoms with E-state index in [9.17, 15) is 0 Å². The van der Waals surface area contributed by atoms with Crippen LogP contribution in [0, 0.1) is 5.92 Å². The van der Waals surface area contributed by atoms with Crippen LogP contribution in [0.4, 0.5) is 0 Å². The predicted molar refractivity (Wildman–Crippen MR) is 77.7 cm³/mol. The van der Waals surface area contributed by atoms with Crippen LogP contribution in [0.3, 0.4) is 0 Å². The van der Waals surface area contributed by atoms with Gasteiger partial charge in [0, 0.05) is 24.7 Å². The van der Waals surface area contributed by atoms with Crippen LogP contribution in [-0.4, -0.2) is 30.1 Å². The lowest BCUT2D eigenvalue weighted by Gasteiger charge is -2.42. The van der Waals surface area contributed by atoms with Crippen molar-refractivity contribution in [3.63, 3.8) is 0 Å². The molecule has 0 spiro atoms. The Morgan fingerprint density at radius 1 is 1.28 bits per heavy atom. The van der Waals surface area contributed by atoms with E-state index in [1.165, 1.54) is 5.56 Å². The van der Waals surface area contributed by atoms with Gasteiger partial charge in [0.15, 0.2) is 0 Å². The van der Waals surface area contributed by atoms with Crippen molar-refractivity contribution in [1.29, 1.82) is 0 Å². The highest BCUT2D eigenvalue weighted by Gasteiger charge is 2.33. The van der Waals surface area contributed by atoms with Crippen LogP contribution < -0.4 is 5.32 Å². The minimum Gasteiger partial charge on any atom is -0.315 e. The number of hydrogen-bond acceptors (Lipinski definition) is 2. The van der Waals surface area contributed by atoms with Crippen molar-refractivity contribution >= 4 is 0 Å². The molecule has 0 aliphatic carbocycles. The van der Waals surface area contributed by atoms with Crippen LogP contribution in [0.2, 0.25) is 0 Å². The summed E-state index contributed by atoms with van der Waals surface area (Å²) in [6, 6.07) is 11.3. The minimum atomic E-state index is 0.208. The van der Waals surface area contributed by atoms with Gasteiger partial charge in [-0.2, -0.15) is 0 Å². The van der Waals surface area contributed by atoms with Gasteiger partial charge in [-0.1, -0.05) is 37.3 Å². The number of rotatable bonds is 2. The third-order valence-electron chi connectivity index (χ3n) is 4.09. The predicted octanol–water partition coefficient (Wildman–Crippen LogP) is 3.07. The fourth-order valence-corrected chi connectivity index (χ4v) is 2.97. The van der Waals surface area contributed by atoms with Crippen LogP contribution in [0.15, 0.2) is 30.3 Å². The molecule has 0 aromatic heterocycles. The molecule has 0 bridgehead atoms. The fraction of sp³-hybridized carbons (Fsp3) is 0.625. The summed E-state index contributed by atoms with van der Waals surface area (Å²) < 4.78 is 0. The molecule has 2 unspecified atom stereocenters. The molecule has 1 fully saturated rings. The van der Waals surface area contributed by atoms with E-state index in [1.54, 1.807) is 0 Å². The zero-order valence-electron chi connectivity index (χ0n) is 12.1. The molecule has 1 saturated heterocycles. The SMILES string of the molecule is CC1CNCC(C)(C)N(C(C)c2ccccc2)C1. The molecule has 1 aromatic carbocycles. The van der Waals surface area contributed by atoms with Crippen LogP contribution in [0.25, 0.3) is 0 Å². The second-order valence-corrected chi connectivity index (χ2v) is 6.29. The highest BCUT2D eigenvalue weighted by Crippen LogP contribution is 2.30. The van der Waals surface area contributed by atoms with Crippen LogP contribution in [0.1, 0.15) is 39.3 Å². The van der Waals surface area contributed by atoms with E-state index in [-0.39, 0.29) is 5.54 Å². The Hall–Kier alpha value is -0.860. The molecule has 2 rings (SSSR count). The summed E-state index contributed by atoms with van der Waals surface area (Å²) in [5, 5.41) is 3.58. The van der Waals surface area contributed by atoms with Gasteiger partial charge in [-0.05, 0) is 38.8 Å². The zero-order chi connectivity index (χ0) is 13.2. The Kier molecular flexibility index (Phi) is 4.08. The van der Waals surface area contributed by atoms with E-state index < -0.39 is 0 Å². The van der Waals surface area contributed by atoms with E-state index in [1.807, 2.05) is 0 Å². The number of nitrogens with zero attached hydrogens (tertiary/aromatic N) is 1. The summed E-state index contributed by atoms with van der Waals surface area (Å²) in [7, 11) is 0. The normalized spacial score (nSPS) is 26.6. The average molecular weight is 246 g/mol. The first-order valence-corrected chi connectivity index (χ1v) is 7.03. The first kappa shape index (κ1) is 13.6. The first-order chi connectivity index (χ1) is 8.50. The molecular formula is C16H26N2. The van der Waals surface area contributed by atoms with Crippen LogP contribution >= 0.6 is 0 Å². The third-order valence-corrected chi connectivity index (χ3v) is 4.09. The summed E-state index contributed by atoms with van der Waals surface area (Å²) in [6.45, 7) is 12.7. The lowest BCUT2D eigenvalue weighted by molar-refractivity contribution is 0.0779. The van der Waals surface area contributed by atoms with Gasteiger partial charge in [0.1, 0.15) is 0 Å². The van der Waals surface area contributed by atoms with Crippen molar-refractivity contribution in [3.8, 4) is 0 Å². The molecule has 1 aliphatic heterocycles. The maximum absolute atomic E-state index is 3.58. The molecule has 100 valence electrons. The molecule has 0 saturated carbocycles. The standard InChI is InChI=1S/C16H26N2/c1-13-10-17-12-16(3,4)18(11-13)14(2)15-8-6-5-7-9-15/h5-9,13-14,17H,10-12H2,1-4H3. The van der Waals surface area contributed by atoms with E-state index in [4.69, 9.17) is 0 Å². The van der Waals surface area contributed by atoms with Gasteiger partial charge in [0.25, 0.3) is 0 Å². The van der Waals surface area contributed by atoms with E-state index >= 15 is 0 Å². The van der Waals surface area contributed by atoms with E-state index in [2.05, 4.69) is 68.2 Å². The van der Waals surface area contributed by atoms with Gasteiger partial charge in [-0.15, -0.1) is 0 Å². The van der Waals surface area contributed by atoms with E-state index in [0.717, 1.165) is 19.6 Å². The average Bonchev–Trinajstić information content (AvgIpc) is 2.48. The minimum absolute atomic E-state index is 0.208. The lowest BCUT2D eigenvalue weighted by atomic mass is 9.96. The molecule has 18 heavy (non-hydrogen) atoms. The molecule has 0 amide bonds. The maximum Gasteiger partial charge on any atom is 0.0325 e. The van der Waals surface area contributed by atoms with Gasteiger partial charge in [-0.25, -0.2) is 0 Å². The van der Waals surface area contributed by atoms with Crippen molar-refractivity contribution < 1.29 is 0 Å². The third kappa shape index (κ3) is 2.93. The van der Waals surface area contributed by atoms with Gasteiger partial charge < -0.3 is 5.32 Å². The molecule has 0 radical (unpaired) electrons. The van der Waals surface area contributed by atoms with Crippen molar-refractivity contribution in [2.75, 3.05) is 19.6 Å². The summed E-state index contributed by atoms with van der Waals surface area (Å²) in [6.07, 6.45) is 0. The highest BCUT2D eigenvalue weighted by molar-refractivity contribution is 5.19. The number of benzene rings is 1. The molecule has 2 atom stereocenters. The Morgan fingerprint density at radius 2 is 1.94 bits per heavy atom. The highest BCUT2D eigenvalue weighted by atomic mass is 15.2. The lowest BCUT2D eigenvalue weighted by Crippen LogP contribution is -2.49. The summed E-state index contributed by atoms with van der Waals surface area (Å²) in [4.78, 5) is 2.65. The molecule has 1 N–H and O–H groups in total. The maximum atomic E-state index is 3.58. The summed E-state index contributed by atoms with van der Waals surface area (Å²) >= 11 is 0. The fourth-order valence-electron chi connectivity index (χ4n) is 2.97. The second kappa shape index (κ2) is 5.41. The Balaban J connectivity index is 2.23. The number of nitrogens with one attached hydrogen (secondary N) is 1. The molecule has 2 nitrogen and oxygen atoms in total. The van der Waals surface area contributed by atoms with Crippen LogP contribution in [-0.2, 0) is 0 Å². The Bertz CT molecular complexity index is 372. The van der Waals surface area contributed by atoms with Gasteiger partial charge >= 0.3 is 0 Å². The zero-order valence-corrected chi connectivity index (χ0v) is 12.1. The Labute approximate surface area is 111 Å². The smallest absolute Gasteiger partial charge is 0.0325 e. The molecule has 2 heteroatoms. The first-order valence-electron chi connectivity index (χ1n) is 7.03. The van der Waals surface area contributed by atoms with Gasteiger partial charge in [0.2, 0.25) is 0 Å². The van der Waals surface area contributed by atoms with Gasteiger partial charge in [0.05, 0.1) is 0 Å². The van der Waals surface area contributed by atoms with Crippen LogP contribution in [0.5, 0.6) is 0 Å². The molecule has 1 aliphatic rings. The van der Waals surface area contributed by atoms with Crippen molar-refractivity contribution in [2.45, 2.75) is 39.3 Å².